The molecule has 1 heterocycles. The van der Waals surface area contributed by atoms with Gasteiger partial charge in [0.1, 0.15) is 0 Å². The van der Waals surface area contributed by atoms with Gasteiger partial charge in [0.15, 0.2) is 0 Å². The minimum atomic E-state index is 0.0112. The zero-order valence-electron chi connectivity index (χ0n) is 11.6. The first-order valence-corrected chi connectivity index (χ1v) is 8.06. The Labute approximate surface area is 119 Å². The summed E-state index contributed by atoms with van der Waals surface area (Å²) < 4.78 is 0. The molecule has 0 aromatic heterocycles. The maximum Gasteiger partial charge on any atom is 0.226 e. The lowest BCUT2D eigenvalue weighted by Crippen LogP contribution is -2.25. The van der Waals surface area contributed by atoms with Crippen molar-refractivity contribution in [1.29, 1.82) is 0 Å². The number of benzene rings is 1. The summed E-state index contributed by atoms with van der Waals surface area (Å²) in [5, 5.41) is 6.45. The number of hydrogen-bond acceptors (Lipinski definition) is 3. The van der Waals surface area contributed by atoms with E-state index in [1.807, 2.05) is 49.9 Å². The van der Waals surface area contributed by atoms with Crippen LogP contribution in [-0.2, 0) is 4.79 Å². The Bertz CT molecular complexity index is 411. The Balaban J connectivity index is 1.88. The van der Waals surface area contributed by atoms with Crippen molar-refractivity contribution in [3.05, 3.63) is 24.3 Å². The van der Waals surface area contributed by atoms with Crippen molar-refractivity contribution in [3.63, 3.8) is 0 Å². The predicted octanol–water partition coefficient (Wildman–Crippen LogP) is 3.59. The van der Waals surface area contributed by atoms with E-state index in [-0.39, 0.29) is 11.8 Å². The standard InChI is InChI=1S/C15H22N2OS/c1-11(2)15(18)17-13-7-5-12(6-8-13)16-14-4-3-9-19-10-14/h5-8,11,14,16H,3-4,9-10H2,1-2H3,(H,17,18). The normalized spacial score (nSPS) is 19.2. The van der Waals surface area contributed by atoms with Gasteiger partial charge in [-0.15, -0.1) is 0 Å². The summed E-state index contributed by atoms with van der Waals surface area (Å²) >= 11 is 2.02. The molecule has 1 aromatic rings. The first-order chi connectivity index (χ1) is 9.15. The van der Waals surface area contributed by atoms with Crippen molar-refractivity contribution < 1.29 is 4.79 Å². The molecular formula is C15H22N2OS. The third-order valence-corrected chi connectivity index (χ3v) is 4.42. The van der Waals surface area contributed by atoms with E-state index in [4.69, 9.17) is 0 Å². The first kappa shape index (κ1) is 14.3. The summed E-state index contributed by atoms with van der Waals surface area (Å²) in [6.07, 6.45) is 2.55. The zero-order valence-corrected chi connectivity index (χ0v) is 12.4. The Morgan fingerprint density at radius 1 is 1.26 bits per heavy atom. The highest BCUT2D eigenvalue weighted by Crippen LogP contribution is 2.22. The Morgan fingerprint density at radius 2 is 1.95 bits per heavy atom. The van der Waals surface area contributed by atoms with Crippen LogP contribution in [0.4, 0.5) is 11.4 Å². The van der Waals surface area contributed by atoms with Crippen LogP contribution in [0.5, 0.6) is 0 Å². The summed E-state index contributed by atoms with van der Waals surface area (Å²) in [5.74, 6) is 2.55. The number of carbonyl (C=O) groups excluding carboxylic acids is 1. The van der Waals surface area contributed by atoms with Crippen LogP contribution in [0.3, 0.4) is 0 Å². The van der Waals surface area contributed by atoms with Crippen molar-refractivity contribution in [2.75, 3.05) is 22.1 Å². The fraction of sp³-hybridized carbons (Fsp3) is 0.533. The van der Waals surface area contributed by atoms with E-state index < -0.39 is 0 Å². The second-order valence-electron chi connectivity index (χ2n) is 5.28. The zero-order chi connectivity index (χ0) is 13.7. The van der Waals surface area contributed by atoms with Crippen LogP contribution in [0.15, 0.2) is 24.3 Å². The Morgan fingerprint density at radius 3 is 2.53 bits per heavy atom. The maximum absolute atomic E-state index is 11.6. The fourth-order valence-corrected chi connectivity index (χ4v) is 3.10. The maximum atomic E-state index is 11.6. The monoisotopic (exact) mass is 278 g/mol. The summed E-state index contributed by atoms with van der Waals surface area (Å²) in [6.45, 7) is 3.79. The van der Waals surface area contributed by atoms with Crippen molar-refractivity contribution in [2.24, 2.45) is 5.92 Å². The molecule has 4 heteroatoms. The lowest BCUT2D eigenvalue weighted by molar-refractivity contribution is -0.118. The quantitative estimate of drug-likeness (QED) is 0.884. The predicted molar refractivity (Wildman–Crippen MR) is 83.9 cm³/mol. The number of anilines is 2. The molecule has 1 saturated heterocycles. The highest BCUT2D eigenvalue weighted by molar-refractivity contribution is 7.99. The molecule has 1 amide bonds. The Hall–Kier alpha value is -1.16. The summed E-state index contributed by atoms with van der Waals surface area (Å²) in [5.41, 5.74) is 2.00. The van der Waals surface area contributed by atoms with Gasteiger partial charge >= 0.3 is 0 Å². The van der Waals surface area contributed by atoms with Gasteiger partial charge < -0.3 is 10.6 Å². The average molecular weight is 278 g/mol. The highest BCUT2D eigenvalue weighted by atomic mass is 32.2. The molecule has 0 radical (unpaired) electrons. The molecule has 2 N–H and O–H groups in total. The van der Waals surface area contributed by atoms with Gasteiger partial charge in [0.05, 0.1) is 0 Å². The Kier molecular flexibility index (Phi) is 5.14. The fourth-order valence-electron chi connectivity index (χ4n) is 2.03. The van der Waals surface area contributed by atoms with Crippen LogP contribution in [0, 0.1) is 5.92 Å². The van der Waals surface area contributed by atoms with E-state index in [9.17, 15) is 4.79 Å². The minimum Gasteiger partial charge on any atom is -0.381 e. The minimum absolute atomic E-state index is 0.0112. The molecule has 0 spiro atoms. The van der Waals surface area contributed by atoms with Gasteiger partial charge in [-0.1, -0.05) is 13.8 Å². The van der Waals surface area contributed by atoms with Gasteiger partial charge in [0, 0.05) is 29.1 Å². The number of nitrogens with one attached hydrogen (secondary N) is 2. The molecule has 1 aromatic carbocycles. The van der Waals surface area contributed by atoms with Crippen LogP contribution in [0.2, 0.25) is 0 Å². The van der Waals surface area contributed by atoms with Crippen molar-refractivity contribution in [1.82, 2.24) is 0 Å². The number of thioether (sulfide) groups is 1. The number of carbonyl (C=O) groups is 1. The van der Waals surface area contributed by atoms with E-state index in [0.717, 1.165) is 11.4 Å². The second kappa shape index (κ2) is 6.85. The van der Waals surface area contributed by atoms with Gasteiger partial charge in [-0.3, -0.25) is 4.79 Å². The summed E-state index contributed by atoms with van der Waals surface area (Å²) in [7, 11) is 0. The largest absolute Gasteiger partial charge is 0.381 e. The molecule has 1 fully saturated rings. The lowest BCUT2D eigenvalue weighted by Gasteiger charge is -2.23. The van der Waals surface area contributed by atoms with Crippen LogP contribution < -0.4 is 10.6 Å². The number of amides is 1. The van der Waals surface area contributed by atoms with Crippen molar-refractivity contribution in [3.8, 4) is 0 Å². The highest BCUT2D eigenvalue weighted by Gasteiger charge is 2.13. The molecule has 0 aliphatic carbocycles. The van der Waals surface area contributed by atoms with Gasteiger partial charge in [-0.05, 0) is 42.9 Å². The van der Waals surface area contributed by atoms with Crippen LogP contribution in [0.25, 0.3) is 0 Å². The number of rotatable bonds is 4. The van der Waals surface area contributed by atoms with Gasteiger partial charge in [0.25, 0.3) is 0 Å². The second-order valence-corrected chi connectivity index (χ2v) is 6.43. The molecule has 1 unspecified atom stereocenters. The van der Waals surface area contributed by atoms with Gasteiger partial charge in [-0.2, -0.15) is 11.8 Å². The van der Waals surface area contributed by atoms with E-state index in [2.05, 4.69) is 10.6 Å². The average Bonchev–Trinajstić information content (AvgIpc) is 2.42. The van der Waals surface area contributed by atoms with Crippen LogP contribution >= 0.6 is 11.8 Å². The van der Waals surface area contributed by atoms with Gasteiger partial charge in [-0.25, -0.2) is 0 Å². The molecule has 104 valence electrons. The third-order valence-electron chi connectivity index (χ3n) is 3.21. The van der Waals surface area contributed by atoms with E-state index in [1.165, 1.54) is 24.3 Å². The van der Waals surface area contributed by atoms with E-state index >= 15 is 0 Å². The van der Waals surface area contributed by atoms with E-state index in [0.29, 0.717) is 6.04 Å². The van der Waals surface area contributed by atoms with Crippen molar-refractivity contribution >= 4 is 29.0 Å². The molecule has 0 saturated carbocycles. The lowest BCUT2D eigenvalue weighted by atomic mass is 10.1. The van der Waals surface area contributed by atoms with Crippen LogP contribution in [-0.4, -0.2) is 23.5 Å². The SMILES string of the molecule is CC(C)C(=O)Nc1ccc(NC2CCCSC2)cc1. The molecular weight excluding hydrogens is 256 g/mol. The topological polar surface area (TPSA) is 41.1 Å². The van der Waals surface area contributed by atoms with E-state index in [1.54, 1.807) is 0 Å². The summed E-state index contributed by atoms with van der Waals surface area (Å²) in [4.78, 5) is 11.6. The molecule has 2 rings (SSSR count). The third kappa shape index (κ3) is 4.46. The molecule has 1 aliphatic rings. The van der Waals surface area contributed by atoms with Gasteiger partial charge in [0.2, 0.25) is 5.91 Å². The smallest absolute Gasteiger partial charge is 0.226 e. The first-order valence-electron chi connectivity index (χ1n) is 6.90. The molecule has 0 bridgehead atoms. The summed E-state index contributed by atoms with van der Waals surface area (Å²) in [6, 6.07) is 8.57. The van der Waals surface area contributed by atoms with Crippen LogP contribution in [0.1, 0.15) is 26.7 Å². The number of hydrogen-bond donors (Lipinski definition) is 2. The molecule has 1 atom stereocenters. The molecule has 19 heavy (non-hydrogen) atoms. The molecule has 3 nitrogen and oxygen atoms in total. The molecule has 1 aliphatic heterocycles. The van der Waals surface area contributed by atoms with Crippen molar-refractivity contribution in [2.45, 2.75) is 32.7 Å².